The molecule has 0 spiro atoms. The number of amides is 1. The number of fused-ring (bicyclic) bond motifs is 1. The van der Waals surface area contributed by atoms with E-state index >= 15 is 0 Å². The quantitative estimate of drug-likeness (QED) is 0.425. The first kappa shape index (κ1) is 16.0. The number of phenolic OH excluding ortho intramolecular Hbond substituents is 1. The molecule has 2 N–H and O–H groups in total. The van der Waals surface area contributed by atoms with Gasteiger partial charge in [-0.05, 0) is 18.2 Å². The summed E-state index contributed by atoms with van der Waals surface area (Å²) in [5.74, 6) is -0.965. The minimum absolute atomic E-state index is 0.0820. The molecular formula is C16H11N5O4. The number of hydrogen-bond donors (Lipinski definition) is 2. The van der Waals surface area contributed by atoms with Crippen LogP contribution in [0.2, 0.25) is 0 Å². The molecule has 0 radical (unpaired) electrons. The lowest BCUT2D eigenvalue weighted by Crippen LogP contribution is -2.17. The summed E-state index contributed by atoms with van der Waals surface area (Å²) in [6.07, 6.45) is 5.62. The number of carbonyl (C=O) groups excluding carboxylic acids is 1. The number of aromatic nitrogens is 2. The largest absolute Gasteiger partial charge is 0.501 e. The summed E-state index contributed by atoms with van der Waals surface area (Å²) in [5, 5.41) is 25.4. The molecule has 0 saturated heterocycles. The molecule has 124 valence electrons. The molecule has 0 aliphatic heterocycles. The number of pyridine rings is 2. The van der Waals surface area contributed by atoms with Gasteiger partial charge in [-0.15, -0.1) is 0 Å². The molecule has 2 heterocycles. The van der Waals surface area contributed by atoms with Gasteiger partial charge >= 0.3 is 5.69 Å². The molecule has 25 heavy (non-hydrogen) atoms. The maximum atomic E-state index is 11.9. The van der Waals surface area contributed by atoms with Crippen molar-refractivity contribution in [3.8, 4) is 5.75 Å². The zero-order valence-corrected chi connectivity index (χ0v) is 12.7. The molecular weight excluding hydrogens is 326 g/mol. The fraction of sp³-hybridized carbons (Fsp3) is 0. The summed E-state index contributed by atoms with van der Waals surface area (Å²) in [6.45, 7) is 0. The Labute approximate surface area is 140 Å². The number of carbonyl (C=O) groups is 1. The molecule has 3 aromatic rings. The molecule has 0 aliphatic rings. The van der Waals surface area contributed by atoms with Gasteiger partial charge in [-0.1, -0.05) is 6.07 Å². The van der Waals surface area contributed by atoms with Gasteiger partial charge in [0.05, 0.1) is 11.1 Å². The summed E-state index contributed by atoms with van der Waals surface area (Å²) >= 11 is 0. The molecule has 0 aliphatic carbocycles. The molecule has 0 saturated carbocycles. The molecule has 3 rings (SSSR count). The summed E-state index contributed by atoms with van der Waals surface area (Å²) in [7, 11) is 0. The number of nitro groups is 1. The zero-order chi connectivity index (χ0) is 17.8. The molecule has 1 amide bonds. The molecule has 0 fully saturated rings. The predicted octanol–water partition coefficient (Wildman–Crippen LogP) is 2.01. The second-order valence-corrected chi connectivity index (χ2v) is 4.93. The first-order valence-electron chi connectivity index (χ1n) is 7.06. The third kappa shape index (κ3) is 3.24. The number of hydrazone groups is 1. The van der Waals surface area contributed by atoms with Crippen LogP contribution in [-0.2, 0) is 0 Å². The number of aromatic hydroxyl groups is 1. The first-order valence-corrected chi connectivity index (χ1v) is 7.06. The highest BCUT2D eigenvalue weighted by Gasteiger charge is 2.19. The van der Waals surface area contributed by atoms with Gasteiger partial charge in [0.25, 0.3) is 5.91 Å². The van der Waals surface area contributed by atoms with Gasteiger partial charge in [0, 0.05) is 41.2 Å². The number of nitrogens with zero attached hydrogens (tertiary/aromatic N) is 4. The SMILES string of the molecule is O=C(N/N=C\c1cc([N+](=O)[O-])c(O)c2ncccc12)c1ccncc1. The second-order valence-electron chi connectivity index (χ2n) is 4.93. The average Bonchev–Trinajstić information content (AvgIpc) is 2.64. The molecule has 9 heteroatoms. The van der Waals surface area contributed by atoms with Crippen molar-refractivity contribution in [2.45, 2.75) is 0 Å². The second kappa shape index (κ2) is 6.71. The van der Waals surface area contributed by atoms with Gasteiger partial charge in [-0.3, -0.25) is 24.9 Å². The highest BCUT2D eigenvalue weighted by Crippen LogP contribution is 2.34. The van der Waals surface area contributed by atoms with Gasteiger partial charge in [-0.25, -0.2) is 5.43 Å². The molecule has 2 aromatic heterocycles. The number of nitro benzene ring substituents is 1. The van der Waals surface area contributed by atoms with E-state index < -0.39 is 22.3 Å². The van der Waals surface area contributed by atoms with Crippen LogP contribution in [0.1, 0.15) is 15.9 Å². The number of phenols is 1. The van der Waals surface area contributed by atoms with E-state index in [0.717, 1.165) is 0 Å². The van der Waals surface area contributed by atoms with Crippen molar-refractivity contribution in [2.75, 3.05) is 0 Å². The monoisotopic (exact) mass is 337 g/mol. The summed E-state index contributed by atoms with van der Waals surface area (Å²) < 4.78 is 0. The van der Waals surface area contributed by atoms with Crippen molar-refractivity contribution >= 4 is 28.7 Å². The Morgan fingerprint density at radius 2 is 2.04 bits per heavy atom. The molecule has 0 atom stereocenters. The van der Waals surface area contributed by atoms with E-state index in [1.165, 1.54) is 43.0 Å². The number of rotatable bonds is 4. The van der Waals surface area contributed by atoms with E-state index in [0.29, 0.717) is 16.5 Å². The number of benzene rings is 1. The highest BCUT2D eigenvalue weighted by atomic mass is 16.6. The Kier molecular flexibility index (Phi) is 4.29. The van der Waals surface area contributed by atoms with Crippen LogP contribution in [0.3, 0.4) is 0 Å². The van der Waals surface area contributed by atoms with Crippen molar-refractivity contribution in [2.24, 2.45) is 5.10 Å². The van der Waals surface area contributed by atoms with E-state index in [4.69, 9.17) is 0 Å². The highest BCUT2D eigenvalue weighted by molar-refractivity contribution is 6.03. The number of hydrogen-bond acceptors (Lipinski definition) is 7. The Morgan fingerprint density at radius 3 is 2.76 bits per heavy atom. The van der Waals surface area contributed by atoms with Crippen LogP contribution in [0.4, 0.5) is 5.69 Å². The van der Waals surface area contributed by atoms with Crippen molar-refractivity contribution in [3.63, 3.8) is 0 Å². The van der Waals surface area contributed by atoms with Crippen LogP contribution in [0, 0.1) is 10.1 Å². The van der Waals surface area contributed by atoms with Crippen LogP contribution in [0.5, 0.6) is 5.75 Å². The Balaban J connectivity index is 1.94. The molecule has 1 aromatic carbocycles. The Hall–Kier alpha value is -3.88. The molecule has 9 nitrogen and oxygen atoms in total. The maximum absolute atomic E-state index is 11.9. The van der Waals surface area contributed by atoms with Crippen LogP contribution >= 0.6 is 0 Å². The van der Waals surface area contributed by atoms with Gasteiger partial charge in [0.15, 0.2) is 0 Å². The van der Waals surface area contributed by atoms with Crippen molar-refractivity contribution < 1.29 is 14.8 Å². The van der Waals surface area contributed by atoms with E-state index in [2.05, 4.69) is 20.5 Å². The first-order chi connectivity index (χ1) is 12.1. The topological polar surface area (TPSA) is 131 Å². The van der Waals surface area contributed by atoms with E-state index in [9.17, 15) is 20.0 Å². The number of nitrogens with one attached hydrogen (secondary N) is 1. The van der Waals surface area contributed by atoms with Crippen molar-refractivity contribution in [3.05, 3.63) is 70.2 Å². The van der Waals surface area contributed by atoms with Crippen LogP contribution < -0.4 is 5.43 Å². The normalized spacial score (nSPS) is 10.9. The van der Waals surface area contributed by atoms with Gasteiger partial charge in [-0.2, -0.15) is 5.10 Å². The summed E-state index contributed by atoms with van der Waals surface area (Å²) in [4.78, 5) is 30.1. The minimum Gasteiger partial charge on any atom is -0.501 e. The fourth-order valence-corrected chi connectivity index (χ4v) is 2.22. The van der Waals surface area contributed by atoms with Crippen LogP contribution in [0.25, 0.3) is 10.9 Å². The van der Waals surface area contributed by atoms with E-state index in [1.807, 2.05) is 0 Å². The van der Waals surface area contributed by atoms with E-state index in [-0.39, 0.29) is 5.52 Å². The van der Waals surface area contributed by atoms with Crippen LogP contribution in [-0.4, -0.2) is 32.1 Å². The van der Waals surface area contributed by atoms with Crippen molar-refractivity contribution in [1.82, 2.24) is 15.4 Å². The third-order valence-corrected chi connectivity index (χ3v) is 3.39. The lowest BCUT2D eigenvalue weighted by Gasteiger charge is -2.05. The zero-order valence-electron chi connectivity index (χ0n) is 12.7. The van der Waals surface area contributed by atoms with Gasteiger partial charge < -0.3 is 5.11 Å². The molecule has 0 unspecified atom stereocenters. The maximum Gasteiger partial charge on any atom is 0.313 e. The van der Waals surface area contributed by atoms with Gasteiger partial charge in [0.2, 0.25) is 5.75 Å². The Bertz CT molecular complexity index is 988. The fourth-order valence-electron chi connectivity index (χ4n) is 2.22. The summed E-state index contributed by atoms with van der Waals surface area (Å²) in [5.41, 5.74) is 2.62. The van der Waals surface area contributed by atoms with Gasteiger partial charge in [0.1, 0.15) is 5.52 Å². The summed E-state index contributed by atoms with van der Waals surface area (Å²) in [6, 6.07) is 7.48. The average molecular weight is 337 g/mol. The van der Waals surface area contributed by atoms with Crippen LogP contribution in [0.15, 0.2) is 54.0 Å². The lowest BCUT2D eigenvalue weighted by atomic mass is 10.1. The minimum atomic E-state index is -0.712. The lowest BCUT2D eigenvalue weighted by molar-refractivity contribution is -0.385. The van der Waals surface area contributed by atoms with Crippen molar-refractivity contribution in [1.29, 1.82) is 0 Å². The Morgan fingerprint density at radius 1 is 1.28 bits per heavy atom. The predicted molar refractivity (Wildman–Crippen MR) is 89.4 cm³/mol. The smallest absolute Gasteiger partial charge is 0.313 e. The third-order valence-electron chi connectivity index (χ3n) is 3.39. The molecule has 0 bridgehead atoms. The standard InChI is InChI=1S/C16H11N5O4/c22-15-13(21(24)25)8-11(12-2-1-5-18-14(12)15)9-19-20-16(23)10-3-6-17-7-4-10/h1-9,22H,(H,20,23)/b19-9-. The van der Waals surface area contributed by atoms with E-state index in [1.54, 1.807) is 12.1 Å².